The molecule has 0 unspecified atom stereocenters. The van der Waals surface area contributed by atoms with Crippen molar-refractivity contribution in [2.24, 2.45) is 0 Å². The molecule has 0 aliphatic carbocycles. The Hall–Kier alpha value is -3.77. The lowest BCUT2D eigenvalue weighted by molar-refractivity contribution is 0.102. The van der Waals surface area contributed by atoms with Gasteiger partial charge in [-0.1, -0.05) is 36.4 Å². The number of likely N-dealkylation sites (tertiary alicyclic amines) is 1. The van der Waals surface area contributed by atoms with Crippen molar-refractivity contribution >= 4 is 22.5 Å². The van der Waals surface area contributed by atoms with Gasteiger partial charge in [0.05, 0.1) is 11.1 Å². The molecule has 2 heterocycles. The van der Waals surface area contributed by atoms with E-state index in [9.17, 15) is 9.18 Å². The number of carbonyl (C=O) groups is 1. The van der Waals surface area contributed by atoms with Crippen LogP contribution in [0.5, 0.6) is 5.75 Å². The van der Waals surface area contributed by atoms with Crippen molar-refractivity contribution in [3.8, 4) is 5.75 Å². The minimum Gasteiger partial charge on any atom is -0.489 e. The first kappa shape index (κ1) is 23.0. The second kappa shape index (κ2) is 10.2. The third-order valence-corrected chi connectivity index (χ3v) is 6.45. The Morgan fingerprint density at radius 2 is 1.83 bits per heavy atom. The molecule has 1 amide bonds. The molecule has 178 valence electrons. The van der Waals surface area contributed by atoms with Crippen molar-refractivity contribution in [3.63, 3.8) is 0 Å². The topological polar surface area (TPSA) is 54.5 Å². The Labute approximate surface area is 204 Å². The van der Waals surface area contributed by atoms with E-state index in [1.807, 2.05) is 55.6 Å². The average molecular weight is 470 g/mol. The molecule has 0 radical (unpaired) electrons. The molecule has 0 bridgehead atoms. The van der Waals surface area contributed by atoms with Gasteiger partial charge in [-0.3, -0.25) is 14.7 Å². The molecular formula is C29H28FN3O2. The quantitative estimate of drug-likeness (QED) is 0.355. The molecule has 1 saturated heterocycles. The predicted molar refractivity (Wildman–Crippen MR) is 136 cm³/mol. The van der Waals surface area contributed by atoms with Gasteiger partial charge >= 0.3 is 0 Å². The van der Waals surface area contributed by atoms with Gasteiger partial charge in [0.15, 0.2) is 0 Å². The van der Waals surface area contributed by atoms with E-state index >= 15 is 0 Å². The van der Waals surface area contributed by atoms with E-state index < -0.39 is 11.7 Å². The molecule has 1 aliphatic heterocycles. The maximum atomic E-state index is 14.7. The molecule has 1 N–H and O–H groups in total. The number of benzene rings is 3. The average Bonchev–Trinajstić information content (AvgIpc) is 3.38. The van der Waals surface area contributed by atoms with E-state index in [1.54, 1.807) is 6.07 Å². The summed E-state index contributed by atoms with van der Waals surface area (Å²) in [5, 5.41) is 3.87. The first-order valence-corrected chi connectivity index (χ1v) is 11.9. The maximum absolute atomic E-state index is 14.7. The van der Waals surface area contributed by atoms with Gasteiger partial charge in [0, 0.05) is 29.9 Å². The van der Waals surface area contributed by atoms with Crippen LogP contribution < -0.4 is 10.1 Å². The summed E-state index contributed by atoms with van der Waals surface area (Å²) in [5.41, 5.74) is 4.44. The number of nitrogens with one attached hydrogen (secondary N) is 1. The summed E-state index contributed by atoms with van der Waals surface area (Å²) in [6, 6.07) is 19.9. The largest absolute Gasteiger partial charge is 0.489 e. The molecule has 5 rings (SSSR count). The van der Waals surface area contributed by atoms with Crippen LogP contribution in [0.25, 0.3) is 10.9 Å². The van der Waals surface area contributed by atoms with Gasteiger partial charge in [-0.05, 0) is 73.8 Å². The molecule has 3 aromatic carbocycles. The highest BCUT2D eigenvalue weighted by Gasteiger charge is 2.16. The number of carbonyl (C=O) groups excluding carboxylic acids is 1. The highest BCUT2D eigenvalue weighted by molar-refractivity contribution is 6.06. The van der Waals surface area contributed by atoms with Crippen molar-refractivity contribution in [2.75, 3.05) is 18.4 Å². The lowest BCUT2D eigenvalue weighted by Gasteiger charge is -2.16. The van der Waals surface area contributed by atoms with E-state index in [-0.39, 0.29) is 5.56 Å². The Kier molecular flexibility index (Phi) is 6.73. The molecule has 0 saturated carbocycles. The van der Waals surface area contributed by atoms with E-state index in [2.05, 4.69) is 21.3 Å². The lowest BCUT2D eigenvalue weighted by Crippen LogP contribution is -2.18. The monoisotopic (exact) mass is 469 g/mol. The number of ether oxygens (including phenoxy) is 1. The second-order valence-corrected chi connectivity index (χ2v) is 9.01. The van der Waals surface area contributed by atoms with Crippen molar-refractivity contribution < 1.29 is 13.9 Å². The van der Waals surface area contributed by atoms with Crippen LogP contribution in [0.4, 0.5) is 10.1 Å². The molecular weight excluding hydrogens is 441 g/mol. The van der Waals surface area contributed by atoms with Gasteiger partial charge in [-0.15, -0.1) is 0 Å². The highest BCUT2D eigenvalue weighted by Crippen LogP contribution is 2.27. The minimum absolute atomic E-state index is 0.0366. The summed E-state index contributed by atoms with van der Waals surface area (Å²) in [5.74, 6) is -0.764. The normalized spacial score (nSPS) is 13.8. The fourth-order valence-electron chi connectivity index (χ4n) is 4.51. The minimum atomic E-state index is -0.629. The van der Waals surface area contributed by atoms with Crippen LogP contribution in [-0.2, 0) is 13.2 Å². The highest BCUT2D eigenvalue weighted by atomic mass is 19.1. The smallest absolute Gasteiger partial charge is 0.258 e. The number of hydrogen-bond acceptors (Lipinski definition) is 4. The Morgan fingerprint density at radius 3 is 2.60 bits per heavy atom. The third kappa shape index (κ3) is 5.33. The maximum Gasteiger partial charge on any atom is 0.258 e. The van der Waals surface area contributed by atoms with Gasteiger partial charge in [0.1, 0.15) is 18.2 Å². The summed E-state index contributed by atoms with van der Waals surface area (Å²) in [6.07, 6.45) is 4.42. The number of aryl methyl sites for hydroxylation is 1. The van der Waals surface area contributed by atoms with Crippen molar-refractivity contribution in [1.82, 2.24) is 9.88 Å². The van der Waals surface area contributed by atoms with Gasteiger partial charge < -0.3 is 10.1 Å². The van der Waals surface area contributed by atoms with E-state index in [0.29, 0.717) is 18.0 Å². The van der Waals surface area contributed by atoms with E-state index in [1.165, 1.54) is 30.5 Å². The van der Waals surface area contributed by atoms with Crippen LogP contribution in [0.15, 0.2) is 72.9 Å². The Bertz CT molecular complexity index is 1350. The Balaban J connectivity index is 1.28. The van der Waals surface area contributed by atoms with Crippen LogP contribution in [0.3, 0.4) is 0 Å². The van der Waals surface area contributed by atoms with Crippen molar-refractivity contribution in [3.05, 3.63) is 101 Å². The molecule has 1 fully saturated rings. The molecule has 35 heavy (non-hydrogen) atoms. The molecule has 1 aromatic heterocycles. The van der Waals surface area contributed by atoms with Crippen LogP contribution in [0.2, 0.25) is 0 Å². The van der Waals surface area contributed by atoms with Crippen molar-refractivity contribution in [2.45, 2.75) is 32.9 Å². The van der Waals surface area contributed by atoms with Gasteiger partial charge in [-0.25, -0.2) is 4.39 Å². The number of hydrogen-bond donors (Lipinski definition) is 1. The summed E-state index contributed by atoms with van der Waals surface area (Å²) in [6.45, 7) is 5.43. The zero-order valence-electron chi connectivity index (χ0n) is 19.8. The number of halogens is 1. The number of rotatable bonds is 7. The number of amides is 1. The second-order valence-electron chi connectivity index (χ2n) is 9.01. The van der Waals surface area contributed by atoms with Crippen molar-refractivity contribution in [1.29, 1.82) is 0 Å². The van der Waals surface area contributed by atoms with Crippen LogP contribution >= 0.6 is 0 Å². The first-order valence-electron chi connectivity index (χ1n) is 11.9. The van der Waals surface area contributed by atoms with Gasteiger partial charge in [0.2, 0.25) is 0 Å². The van der Waals surface area contributed by atoms with Gasteiger partial charge in [-0.2, -0.15) is 0 Å². The Morgan fingerprint density at radius 1 is 1.03 bits per heavy atom. The van der Waals surface area contributed by atoms with E-state index in [4.69, 9.17) is 4.74 Å². The fraction of sp³-hybridized carbons (Fsp3) is 0.241. The zero-order chi connectivity index (χ0) is 24.2. The zero-order valence-corrected chi connectivity index (χ0v) is 19.8. The number of nitrogens with zero attached hydrogens (tertiary/aromatic N) is 2. The predicted octanol–water partition coefficient (Wildman–Crippen LogP) is 6.11. The lowest BCUT2D eigenvalue weighted by atomic mass is 10.1. The molecule has 6 heteroatoms. The van der Waals surface area contributed by atoms with Crippen LogP contribution in [0, 0.1) is 12.7 Å². The van der Waals surface area contributed by atoms with Crippen LogP contribution in [-0.4, -0.2) is 28.9 Å². The number of aromatic nitrogens is 1. The number of pyridine rings is 1. The fourth-order valence-corrected chi connectivity index (χ4v) is 4.51. The number of fused-ring (bicyclic) bond motifs is 1. The van der Waals surface area contributed by atoms with Crippen LogP contribution in [0.1, 0.15) is 39.9 Å². The standard InChI is InChI=1S/C29H28FN3O2/c1-20-27(12-9-23-15-22(17-31-28(20)23)18-33-13-5-6-14-33)32-29(34)25-11-10-24(16-26(25)30)35-19-21-7-3-2-4-8-21/h2-4,7-12,15-17H,5-6,13-14,18-19H2,1H3,(H,32,34). The molecule has 5 nitrogen and oxygen atoms in total. The molecule has 0 spiro atoms. The molecule has 4 aromatic rings. The summed E-state index contributed by atoms with van der Waals surface area (Å²) in [7, 11) is 0. The molecule has 1 aliphatic rings. The summed E-state index contributed by atoms with van der Waals surface area (Å²) >= 11 is 0. The first-order chi connectivity index (χ1) is 17.1. The summed E-state index contributed by atoms with van der Waals surface area (Å²) < 4.78 is 20.4. The van der Waals surface area contributed by atoms with Gasteiger partial charge in [0.25, 0.3) is 5.91 Å². The third-order valence-electron chi connectivity index (χ3n) is 6.45. The molecule has 0 atom stereocenters. The van der Waals surface area contributed by atoms with E-state index in [0.717, 1.165) is 41.7 Å². The number of anilines is 1. The summed E-state index contributed by atoms with van der Waals surface area (Å²) in [4.78, 5) is 20.0. The SMILES string of the molecule is Cc1c(NC(=O)c2ccc(OCc3ccccc3)cc2F)ccc2cc(CN3CCCC3)cnc12.